The van der Waals surface area contributed by atoms with Gasteiger partial charge in [0.05, 0.1) is 25.7 Å². The highest BCUT2D eigenvalue weighted by atomic mass is 16.6. The Balaban J connectivity index is 0.944. The average Bonchev–Trinajstić information content (AvgIpc) is 1.42. The van der Waals surface area contributed by atoms with E-state index in [-0.39, 0.29) is 50.0 Å². The van der Waals surface area contributed by atoms with Gasteiger partial charge in [-0.25, -0.2) is 4.58 Å². The van der Waals surface area contributed by atoms with Crippen molar-refractivity contribution in [3.63, 3.8) is 0 Å². The first-order valence-electron chi connectivity index (χ1n) is 33.9. The zero-order valence-corrected chi connectivity index (χ0v) is 56.2. The number of amides is 2. The number of hydrogen-bond donors (Lipinski definition) is 2. The summed E-state index contributed by atoms with van der Waals surface area (Å²) in [7, 11) is 0. The van der Waals surface area contributed by atoms with Crippen molar-refractivity contribution in [2.75, 3.05) is 57.3 Å². The largest absolute Gasteiger partial charge is 0.461 e. The zero-order valence-electron chi connectivity index (χ0n) is 56.2. The third-order valence-electron chi connectivity index (χ3n) is 20.6. The van der Waals surface area contributed by atoms with E-state index >= 15 is 0 Å². The fourth-order valence-corrected chi connectivity index (χ4v) is 16.3. The highest BCUT2D eigenvalue weighted by Gasteiger charge is 2.59. The fourth-order valence-electron chi connectivity index (χ4n) is 16.3. The summed E-state index contributed by atoms with van der Waals surface area (Å²) in [5.41, 5.74) is 4.91. The molecule has 9 atom stereocenters. The molecule has 14 heteroatoms. The molecule has 3 saturated carbocycles. The quantitative estimate of drug-likeness (QED) is 0.0154. The first-order valence-corrected chi connectivity index (χ1v) is 33.9. The highest BCUT2D eigenvalue weighted by molar-refractivity contribution is 6.10. The maximum atomic E-state index is 14.9. The van der Waals surface area contributed by atoms with Crippen molar-refractivity contribution in [3.8, 4) is 22.5 Å². The van der Waals surface area contributed by atoms with E-state index in [0.29, 0.717) is 53.4 Å². The number of unbranched alkanes of at least 4 members (excludes halogenated alkanes) is 3. The van der Waals surface area contributed by atoms with Gasteiger partial charge in [-0.3, -0.25) is 28.9 Å². The summed E-state index contributed by atoms with van der Waals surface area (Å²) in [6.45, 7) is 31.9. The summed E-state index contributed by atoms with van der Waals surface area (Å²) < 4.78 is 27.1. The van der Waals surface area contributed by atoms with Crippen molar-refractivity contribution >= 4 is 46.4 Å². The number of benzene rings is 3. The number of rotatable bonds is 26. The van der Waals surface area contributed by atoms with Crippen LogP contribution in [0.25, 0.3) is 33.4 Å². The van der Waals surface area contributed by atoms with Gasteiger partial charge in [-0.15, -0.1) is 0 Å². The highest BCUT2D eigenvalue weighted by Crippen LogP contribution is 2.67. The van der Waals surface area contributed by atoms with Crippen molar-refractivity contribution in [3.05, 3.63) is 83.2 Å². The number of fused-ring (bicyclic) bond motifs is 7. The summed E-state index contributed by atoms with van der Waals surface area (Å²) in [5, 5.41) is 7.77. The molecule has 6 aliphatic rings. The predicted molar refractivity (Wildman–Crippen MR) is 353 cm³/mol. The Kier molecular flexibility index (Phi) is 22.6. The first-order chi connectivity index (χ1) is 41.8. The summed E-state index contributed by atoms with van der Waals surface area (Å²) in [4.78, 5) is 73.8. The molecule has 88 heavy (non-hydrogen) atoms. The van der Waals surface area contributed by atoms with Crippen LogP contribution in [0.4, 0.5) is 5.69 Å². The zero-order chi connectivity index (χ0) is 63.7. The molecule has 2 N–H and O–H groups in total. The lowest BCUT2D eigenvalue weighted by atomic mass is 9.47. The molecule has 1 aliphatic heterocycles. The van der Waals surface area contributed by atoms with Crippen LogP contribution in [-0.4, -0.2) is 110 Å². The molecule has 482 valence electrons. The summed E-state index contributed by atoms with van der Waals surface area (Å²) >= 11 is 0. The molecule has 14 nitrogen and oxygen atoms in total. The lowest BCUT2D eigenvalue weighted by molar-refractivity contribution is -0.166. The molecule has 0 saturated heterocycles. The molecule has 2 aromatic carbocycles. The first kappa shape index (κ1) is 67.9. The fraction of sp³-hybridized carbons (Fsp3) is 0.649. The van der Waals surface area contributed by atoms with Gasteiger partial charge < -0.3 is 34.2 Å². The number of carbonyl (C=O) groups excluding carboxylic acids is 5. The minimum Gasteiger partial charge on any atom is -0.461 e. The van der Waals surface area contributed by atoms with Crippen LogP contribution in [-0.2, 0) is 33.4 Å². The van der Waals surface area contributed by atoms with E-state index in [4.69, 9.17) is 18.6 Å². The minimum absolute atomic E-state index is 0.0604. The Morgan fingerprint density at radius 2 is 1.44 bits per heavy atom. The molecule has 5 aliphatic carbocycles. The number of anilines is 1. The maximum absolute atomic E-state index is 14.9. The van der Waals surface area contributed by atoms with E-state index in [1.807, 2.05) is 18.2 Å². The van der Waals surface area contributed by atoms with Crippen molar-refractivity contribution in [1.29, 1.82) is 0 Å². The third-order valence-corrected chi connectivity index (χ3v) is 20.6. The summed E-state index contributed by atoms with van der Waals surface area (Å²) in [6, 6.07) is 19.0. The van der Waals surface area contributed by atoms with E-state index in [9.17, 15) is 24.0 Å². The monoisotopic (exact) mass is 1210 g/mol. The molecule has 2 aromatic rings. The Morgan fingerprint density at radius 3 is 2.11 bits per heavy atom. The van der Waals surface area contributed by atoms with Crippen LogP contribution in [0.3, 0.4) is 0 Å². The lowest BCUT2D eigenvalue weighted by Gasteiger charge is -2.58. The Morgan fingerprint density at radius 1 is 0.750 bits per heavy atom. The van der Waals surface area contributed by atoms with Gasteiger partial charge in [0.25, 0.3) is 5.91 Å². The molecule has 1 heterocycles. The summed E-state index contributed by atoms with van der Waals surface area (Å²) in [5.74, 6) is 1.95. The van der Waals surface area contributed by atoms with Crippen molar-refractivity contribution in [2.24, 2.45) is 40.4 Å². The smallest absolute Gasteiger partial charge is 0.323 e. The molecule has 0 bridgehead atoms. The van der Waals surface area contributed by atoms with Crippen LogP contribution in [0.15, 0.2) is 76.7 Å². The molecule has 0 aromatic heterocycles. The van der Waals surface area contributed by atoms with E-state index in [0.717, 1.165) is 96.3 Å². The van der Waals surface area contributed by atoms with Crippen molar-refractivity contribution in [1.82, 2.24) is 20.1 Å². The van der Waals surface area contributed by atoms with E-state index in [1.165, 1.54) is 56.9 Å². The van der Waals surface area contributed by atoms with Crippen LogP contribution in [0.2, 0.25) is 0 Å². The molecule has 3 unspecified atom stereocenters. The second kappa shape index (κ2) is 29.3. The molecular weight excluding hydrogens is 1100 g/mol. The predicted octanol–water partition coefficient (Wildman–Crippen LogP) is 13.9. The standard InChI is InChI=1S/C74H107N5O9/c1-15-20-21-26-49(6)59-36-37-60-56-33-30-50-43-53(38-40-73(50,13)61(56)39-41-74(59,60)14)85-70(84)62(79(47-66(81)87-71(7,8)9)48-67(82)88-72(10,11)12)29-24-25-42-75-65(80)46-76-69(83)55-28-23-22-27-54(55)68-57-34-31-51(77(16-2)17-3)44-63(57)86-64-45-52(32-35-58(64)68)78(18-4)19-5/h22-23,27-28,30-32,34-35,44-45,49,53,56,59-62H,15-21,24-26,29,33,36-43,46-48H2,1-14H3,(H-,75,76,80,83)/p+1/t49-,53+,56?,59-,60?,61?,62+,73+,74-/m1/s1. The van der Waals surface area contributed by atoms with Crippen LogP contribution in [0, 0.1) is 40.4 Å². The van der Waals surface area contributed by atoms with Gasteiger partial charge in [-0.2, -0.15) is 0 Å². The minimum atomic E-state index is -0.981. The Bertz CT molecular complexity index is 3130. The molecule has 8 rings (SSSR count). The van der Waals surface area contributed by atoms with Gasteiger partial charge in [0.15, 0.2) is 0 Å². The van der Waals surface area contributed by atoms with E-state index < -0.39 is 41.1 Å². The average molecular weight is 1210 g/mol. The number of nitrogens with one attached hydrogen (secondary N) is 2. The van der Waals surface area contributed by atoms with Gasteiger partial charge in [0.2, 0.25) is 11.3 Å². The Hall–Kier alpha value is -6.02. The van der Waals surface area contributed by atoms with Gasteiger partial charge >= 0.3 is 17.9 Å². The lowest BCUT2D eigenvalue weighted by Crippen LogP contribution is -2.52. The number of ether oxygens (including phenoxy) is 3. The van der Waals surface area contributed by atoms with Crippen LogP contribution in [0.5, 0.6) is 0 Å². The molecule has 3 fully saturated rings. The molecule has 0 spiro atoms. The van der Waals surface area contributed by atoms with Gasteiger partial charge in [-0.1, -0.05) is 83.2 Å². The number of esters is 3. The molecule has 0 radical (unpaired) electrons. The van der Waals surface area contributed by atoms with Gasteiger partial charge in [0, 0.05) is 66.0 Å². The Labute approximate surface area is 526 Å². The number of hydrogen-bond acceptors (Lipinski definition) is 11. The second-order valence-corrected chi connectivity index (χ2v) is 28.6. The third kappa shape index (κ3) is 15.9. The van der Waals surface area contributed by atoms with Crippen molar-refractivity contribution in [2.45, 2.75) is 217 Å². The van der Waals surface area contributed by atoms with Crippen LogP contribution in [0.1, 0.15) is 204 Å². The van der Waals surface area contributed by atoms with Crippen molar-refractivity contribution < 1.29 is 42.6 Å². The van der Waals surface area contributed by atoms with E-state index in [1.54, 1.807) is 52.5 Å². The van der Waals surface area contributed by atoms with Crippen LogP contribution >= 0.6 is 0 Å². The topological polar surface area (TPSA) is 160 Å². The van der Waals surface area contributed by atoms with Gasteiger partial charge in [0.1, 0.15) is 47.8 Å². The number of allylic oxidation sites excluding steroid dienone is 1. The van der Waals surface area contributed by atoms with E-state index in [2.05, 4.69) is 118 Å². The molecule has 2 amide bonds. The number of carbonyl (C=O) groups is 5. The van der Waals surface area contributed by atoms with Gasteiger partial charge in [-0.05, 0) is 204 Å². The second-order valence-electron chi connectivity index (χ2n) is 28.6. The summed E-state index contributed by atoms with van der Waals surface area (Å²) in [6.07, 6.45) is 17.3. The maximum Gasteiger partial charge on any atom is 0.323 e. The molecular formula is C74H108N5O9+. The normalized spacial score (nSPS) is 23.3. The van der Waals surface area contributed by atoms with Crippen LogP contribution < -0.4 is 25.5 Å². The number of nitrogens with zero attached hydrogens (tertiary/aromatic N) is 3. The SMILES string of the molecule is CCCCC[C@@H](C)[C@H]1CCC2C3CC=C4C[C@@H](OC(=O)[C@H](CCCCNC(=O)CNC(=O)c5ccccc5-c5c6ccc(=[N+](CC)CC)cc-6oc6cc(N(CC)CC)ccc56)N(CC(=O)OC(C)(C)C)CC(=O)OC(C)(C)C)CC[C@]4(C)C3CC[C@@]21C.